The van der Waals surface area contributed by atoms with Gasteiger partial charge in [0.15, 0.2) is 0 Å². The smallest absolute Gasteiger partial charge is 0.139 e. The van der Waals surface area contributed by atoms with Crippen LogP contribution in [0, 0.1) is 0 Å². The van der Waals surface area contributed by atoms with E-state index in [9.17, 15) is 4.57 Å². The average Bonchev–Trinajstić information content (AvgIpc) is 2.40. The predicted octanol–water partition coefficient (Wildman–Crippen LogP) is 3.93. The molecule has 3 heteroatoms. The molecule has 2 nitrogen and oxygen atoms in total. The SMILES string of the molecule is O=[PH+]OC(Cc1ccccc1)c1ccccc1. The normalized spacial score (nSPS) is 12.5. The maximum Gasteiger partial charge on any atom is 0.494 e. The van der Waals surface area contributed by atoms with Gasteiger partial charge in [-0.15, -0.1) is 4.52 Å². The van der Waals surface area contributed by atoms with Crippen LogP contribution in [0.25, 0.3) is 0 Å². The first kappa shape index (κ1) is 12.0. The Hall–Kier alpha value is -1.50. The van der Waals surface area contributed by atoms with Crippen molar-refractivity contribution in [1.82, 2.24) is 0 Å². The molecular formula is C14H14O2P+. The summed E-state index contributed by atoms with van der Waals surface area (Å²) in [6.07, 6.45) is 0.592. The van der Waals surface area contributed by atoms with Gasteiger partial charge in [0.2, 0.25) is 0 Å². The molecule has 2 unspecified atom stereocenters. The van der Waals surface area contributed by atoms with Crippen molar-refractivity contribution in [2.75, 3.05) is 0 Å². The van der Waals surface area contributed by atoms with Crippen LogP contribution < -0.4 is 0 Å². The predicted molar refractivity (Wildman–Crippen MR) is 69.4 cm³/mol. The highest BCUT2D eigenvalue weighted by Crippen LogP contribution is 2.25. The first-order chi connectivity index (χ1) is 8.40. The molecule has 0 bridgehead atoms. The first-order valence-corrected chi connectivity index (χ1v) is 6.33. The Bertz CT molecular complexity index is 456. The van der Waals surface area contributed by atoms with Crippen LogP contribution in [0.1, 0.15) is 17.2 Å². The van der Waals surface area contributed by atoms with Crippen molar-refractivity contribution in [3.05, 3.63) is 71.8 Å². The topological polar surface area (TPSA) is 26.3 Å². The number of hydrogen-bond donors (Lipinski definition) is 0. The molecule has 0 amide bonds. The molecule has 0 aliphatic carbocycles. The van der Waals surface area contributed by atoms with E-state index >= 15 is 0 Å². The van der Waals surface area contributed by atoms with E-state index in [0.29, 0.717) is 0 Å². The lowest BCUT2D eigenvalue weighted by Gasteiger charge is -2.10. The van der Waals surface area contributed by atoms with E-state index in [2.05, 4.69) is 0 Å². The number of hydrogen-bond acceptors (Lipinski definition) is 2. The highest BCUT2D eigenvalue weighted by atomic mass is 31.1. The minimum atomic E-state index is -0.735. The third-order valence-electron chi connectivity index (χ3n) is 2.63. The van der Waals surface area contributed by atoms with Gasteiger partial charge in [0.1, 0.15) is 6.10 Å². The summed E-state index contributed by atoms with van der Waals surface area (Å²) in [6.45, 7) is 0. The van der Waals surface area contributed by atoms with Gasteiger partial charge in [0.05, 0.1) is 0 Å². The van der Waals surface area contributed by atoms with Crippen LogP contribution in [0.15, 0.2) is 60.7 Å². The maximum atomic E-state index is 10.7. The van der Waals surface area contributed by atoms with Crippen molar-refractivity contribution in [1.29, 1.82) is 0 Å². The van der Waals surface area contributed by atoms with Crippen molar-refractivity contribution >= 4 is 8.69 Å². The van der Waals surface area contributed by atoms with Crippen molar-refractivity contribution in [3.8, 4) is 0 Å². The van der Waals surface area contributed by atoms with Gasteiger partial charge in [-0.3, -0.25) is 0 Å². The molecule has 0 aliphatic rings. The molecule has 0 saturated carbocycles. The zero-order valence-corrected chi connectivity index (χ0v) is 10.4. The maximum absolute atomic E-state index is 10.7. The molecule has 86 valence electrons. The Labute approximate surface area is 103 Å². The Morgan fingerprint density at radius 1 is 0.941 bits per heavy atom. The summed E-state index contributed by atoms with van der Waals surface area (Å²) in [6, 6.07) is 19.9. The molecule has 2 rings (SSSR count). The van der Waals surface area contributed by atoms with Gasteiger partial charge < -0.3 is 0 Å². The summed E-state index contributed by atoms with van der Waals surface area (Å²) in [5, 5.41) is 0. The van der Waals surface area contributed by atoms with Crippen LogP contribution in [0.3, 0.4) is 0 Å². The van der Waals surface area contributed by atoms with Crippen LogP contribution in [-0.2, 0) is 15.5 Å². The van der Waals surface area contributed by atoms with Crippen molar-refractivity contribution in [3.63, 3.8) is 0 Å². The van der Waals surface area contributed by atoms with Crippen LogP contribution in [0.4, 0.5) is 0 Å². The monoisotopic (exact) mass is 245 g/mol. The van der Waals surface area contributed by atoms with E-state index in [1.54, 1.807) is 0 Å². The second-order valence-electron chi connectivity index (χ2n) is 3.79. The van der Waals surface area contributed by atoms with Gasteiger partial charge in [-0.2, -0.15) is 0 Å². The van der Waals surface area contributed by atoms with E-state index in [0.717, 1.165) is 12.0 Å². The van der Waals surface area contributed by atoms with Gasteiger partial charge >= 0.3 is 8.69 Å². The molecular weight excluding hydrogens is 231 g/mol. The van der Waals surface area contributed by atoms with Gasteiger partial charge in [0.25, 0.3) is 0 Å². The third-order valence-corrected chi connectivity index (χ3v) is 3.01. The standard InChI is InChI=1S/C14H14O2P/c15-17-16-14(13-9-5-2-6-10-13)11-12-7-3-1-4-8-12/h1-10,14,17H,11H2/q+1. The number of benzene rings is 2. The summed E-state index contributed by atoms with van der Waals surface area (Å²) >= 11 is 0. The highest BCUT2D eigenvalue weighted by molar-refractivity contribution is 7.17. The van der Waals surface area contributed by atoms with E-state index in [-0.39, 0.29) is 6.10 Å². The van der Waals surface area contributed by atoms with Crippen molar-refractivity contribution in [2.45, 2.75) is 12.5 Å². The molecule has 0 heterocycles. The molecule has 0 N–H and O–H groups in total. The minimum Gasteiger partial charge on any atom is -0.139 e. The third kappa shape index (κ3) is 3.48. The Balaban J connectivity index is 2.16. The molecule has 17 heavy (non-hydrogen) atoms. The molecule has 0 spiro atoms. The quantitative estimate of drug-likeness (QED) is 0.746. The molecule has 0 aliphatic heterocycles. The molecule has 2 atom stereocenters. The fourth-order valence-electron chi connectivity index (χ4n) is 1.78. The van der Waals surface area contributed by atoms with Crippen molar-refractivity contribution in [2.24, 2.45) is 0 Å². The lowest BCUT2D eigenvalue weighted by Crippen LogP contribution is -2.02. The zero-order chi connectivity index (χ0) is 11.9. The van der Waals surface area contributed by atoms with Crippen LogP contribution in [0.2, 0.25) is 0 Å². The van der Waals surface area contributed by atoms with Crippen LogP contribution in [0.5, 0.6) is 0 Å². The summed E-state index contributed by atoms with van der Waals surface area (Å²) < 4.78 is 16.0. The second-order valence-corrected chi connectivity index (χ2v) is 4.19. The van der Waals surface area contributed by atoms with Crippen LogP contribution in [-0.4, -0.2) is 0 Å². The lowest BCUT2D eigenvalue weighted by atomic mass is 10.0. The number of rotatable bonds is 5. The average molecular weight is 245 g/mol. The second kappa shape index (κ2) is 6.29. The molecule has 0 fully saturated rings. The molecule has 0 radical (unpaired) electrons. The lowest BCUT2D eigenvalue weighted by molar-refractivity contribution is 0.229. The summed E-state index contributed by atoms with van der Waals surface area (Å²) in [5.74, 6) is 0. The fraction of sp³-hybridized carbons (Fsp3) is 0.143. The minimum absolute atomic E-state index is 0.144. The van der Waals surface area contributed by atoms with E-state index in [1.807, 2.05) is 60.7 Å². The summed E-state index contributed by atoms with van der Waals surface area (Å²) in [4.78, 5) is 0. The summed E-state index contributed by atoms with van der Waals surface area (Å²) in [5.41, 5.74) is 2.24. The zero-order valence-electron chi connectivity index (χ0n) is 9.37. The van der Waals surface area contributed by atoms with E-state index in [4.69, 9.17) is 4.52 Å². The summed E-state index contributed by atoms with van der Waals surface area (Å²) in [7, 11) is -0.735. The van der Waals surface area contributed by atoms with Gasteiger partial charge in [-0.05, 0) is 15.7 Å². The van der Waals surface area contributed by atoms with Crippen LogP contribution >= 0.6 is 8.69 Å². The Morgan fingerprint density at radius 3 is 2.12 bits per heavy atom. The Morgan fingerprint density at radius 2 is 1.53 bits per heavy atom. The molecule has 2 aromatic carbocycles. The largest absolute Gasteiger partial charge is 0.494 e. The molecule has 0 aromatic heterocycles. The fourth-order valence-corrected chi connectivity index (χ4v) is 2.12. The first-order valence-electron chi connectivity index (χ1n) is 5.52. The highest BCUT2D eigenvalue weighted by Gasteiger charge is 2.16. The van der Waals surface area contributed by atoms with Gasteiger partial charge in [-0.25, -0.2) is 0 Å². The van der Waals surface area contributed by atoms with E-state index < -0.39 is 8.69 Å². The molecule has 0 saturated heterocycles. The van der Waals surface area contributed by atoms with Crippen molar-refractivity contribution < 1.29 is 9.09 Å². The van der Waals surface area contributed by atoms with Gasteiger partial charge in [-0.1, -0.05) is 60.7 Å². The molecule has 2 aromatic rings. The Kier molecular flexibility index (Phi) is 4.43. The van der Waals surface area contributed by atoms with E-state index in [1.165, 1.54) is 5.56 Å². The van der Waals surface area contributed by atoms with Gasteiger partial charge in [0, 0.05) is 6.42 Å².